The molecule has 3 heterocycles. The van der Waals surface area contributed by atoms with Gasteiger partial charge in [0.15, 0.2) is 11.6 Å². The lowest BCUT2D eigenvalue weighted by Crippen LogP contribution is -2.14. The molecule has 164 valence electrons. The Morgan fingerprint density at radius 3 is 2.48 bits per heavy atom. The third-order valence-corrected chi connectivity index (χ3v) is 4.83. The van der Waals surface area contributed by atoms with Gasteiger partial charge in [-0.15, -0.1) is 0 Å². The number of aryl methyl sites for hydroxylation is 1. The molecule has 1 aliphatic carbocycles. The van der Waals surface area contributed by atoms with Crippen molar-refractivity contribution in [2.75, 3.05) is 26.6 Å². The molecule has 0 atom stereocenters. The van der Waals surface area contributed by atoms with Gasteiger partial charge in [0.05, 0.1) is 44.9 Å². The van der Waals surface area contributed by atoms with Crippen molar-refractivity contribution in [1.82, 2.24) is 14.5 Å². The van der Waals surface area contributed by atoms with Gasteiger partial charge in [0.2, 0.25) is 11.8 Å². The highest BCUT2D eigenvalue weighted by Crippen LogP contribution is 2.40. The summed E-state index contributed by atoms with van der Waals surface area (Å²) in [4.78, 5) is 29.3. The normalized spacial score (nSPS) is 12.5. The Hall–Kier alpha value is -3.69. The highest BCUT2D eigenvalue weighted by molar-refractivity contribution is 5.96. The van der Waals surface area contributed by atoms with Crippen LogP contribution in [0.25, 0.3) is 22.2 Å². The van der Waals surface area contributed by atoms with Crippen LogP contribution in [0.4, 0.5) is 10.2 Å². The summed E-state index contributed by atoms with van der Waals surface area (Å²) >= 11 is 0. The van der Waals surface area contributed by atoms with E-state index in [-0.39, 0.29) is 23.5 Å². The second kappa shape index (κ2) is 9.41. The first-order chi connectivity index (χ1) is 14.9. The van der Waals surface area contributed by atoms with E-state index in [4.69, 9.17) is 14.3 Å². The topological polar surface area (TPSA) is 105 Å². The van der Waals surface area contributed by atoms with Gasteiger partial charge in [0.25, 0.3) is 6.47 Å². The highest BCUT2D eigenvalue weighted by Gasteiger charge is 2.30. The molecule has 1 saturated carbocycles. The van der Waals surface area contributed by atoms with Crippen molar-refractivity contribution in [1.29, 1.82) is 0 Å². The monoisotopic (exact) mass is 430 g/mol. The number of carbonyl (C=O) groups is 2. The van der Waals surface area contributed by atoms with E-state index < -0.39 is 5.82 Å². The zero-order valence-corrected chi connectivity index (χ0v) is 17.6. The summed E-state index contributed by atoms with van der Waals surface area (Å²) in [5.41, 5.74) is 1.91. The number of methoxy groups -OCH3 is 3. The van der Waals surface area contributed by atoms with Crippen molar-refractivity contribution < 1.29 is 28.2 Å². The Morgan fingerprint density at radius 2 is 1.90 bits per heavy atom. The molecule has 1 fully saturated rings. The fourth-order valence-corrected chi connectivity index (χ4v) is 3.15. The van der Waals surface area contributed by atoms with E-state index >= 15 is 0 Å². The summed E-state index contributed by atoms with van der Waals surface area (Å²) < 4.78 is 30.5. The second-order valence-electron chi connectivity index (χ2n) is 6.84. The number of nitrogens with zero attached hydrogens (tertiary/aromatic N) is 3. The van der Waals surface area contributed by atoms with Crippen molar-refractivity contribution in [2.45, 2.75) is 12.8 Å². The van der Waals surface area contributed by atoms with Gasteiger partial charge in [-0.1, -0.05) is 0 Å². The summed E-state index contributed by atoms with van der Waals surface area (Å²) in [7, 11) is 6.02. The van der Waals surface area contributed by atoms with Gasteiger partial charge in [-0.2, -0.15) is 0 Å². The molecule has 0 aliphatic heterocycles. The van der Waals surface area contributed by atoms with Crippen LogP contribution in [0.1, 0.15) is 12.8 Å². The smallest absolute Gasteiger partial charge is 0.292 e. The maximum Gasteiger partial charge on any atom is 0.292 e. The standard InChI is InChI=1S/C19H19FN4O3.C2H4O2/c1-24-13(16-17(26-2)12(20)8-22-19(16)27-3)6-11-7-15(21-9-14(11)24)23-18(25)10-4-5-10;1-4-2-3/h6-10H,4-5H2,1-3H3,(H,21,23,25);2H,1H3. The number of ether oxygens (including phenoxy) is 3. The maximum atomic E-state index is 14.2. The van der Waals surface area contributed by atoms with Crippen molar-refractivity contribution in [3.63, 3.8) is 0 Å². The molecular weight excluding hydrogens is 407 g/mol. The van der Waals surface area contributed by atoms with Gasteiger partial charge in [-0.05, 0) is 25.0 Å². The molecule has 1 aliphatic rings. The minimum Gasteiger partial charge on any atom is -0.493 e. The number of aromatic nitrogens is 3. The minimum atomic E-state index is -0.575. The van der Waals surface area contributed by atoms with E-state index in [9.17, 15) is 9.18 Å². The van der Waals surface area contributed by atoms with Crippen LogP contribution in [-0.2, 0) is 21.4 Å². The highest BCUT2D eigenvalue weighted by atomic mass is 19.1. The van der Waals surface area contributed by atoms with Crippen LogP contribution in [0.15, 0.2) is 24.5 Å². The van der Waals surface area contributed by atoms with Gasteiger partial charge >= 0.3 is 0 Å². The summed E-state index contributed by atoms with van der Waals surface area (Å²) in [6, 6.07) is 3.66. The molecule has 3 aromatic rings. The largest absolute Gasteiger partial charge is 0.493 e. The molecule has 0 unspecified atom stereocenters. The summed E-state index contributed by atoms with van der Waals surface area (Å²) in [6.07, 6.45) is 4.59. The Labute approximate surface area is 178 Å². The van der Waals surface area contributed by atoms with Crippen LogP contribution >= 0.6 is 0 Å². The third-order valence-electron chi connectivity index (χ3n) is 4.83. The van der Waals surface area contributed by atoms with Gasteiger partial charge in [-0.25, -0.2) is 14.4 Å². The van der Waals surface area contributed by atoms with Crippen LogP contribution in [0.2, 0.25) is 0 Å². The Morgan fingerprint density at radius 1 is 1.19 bits per heavy atom. The van der Waals surface area contributed by atoms with Crippen molar-refractivity contribution in [2.24, 2.45) is 13.0 Å². The van der Waals surface area contributed by atoms with E-state index in [2.05, 4.69) is 20.0 Å². The fraction of sp³-hybridized carbons (Fsp3) is 0.333. The molecule has 0 aromatic carbocycles. The Kier molecular flexibility index (Phi) is 6.68. The lowest BCUT2D eigenvalue weighted by Gasteiger charge is -2.13. The number of pyridine rings is 2. The molecule has 0 saturated heterocycles. The van der Waals surface area contributed by atoms with Crippen LogP contribution in [-0.4, -0.2) is 48.2 Å². The lowest BCUT2D eigenvalue weighted by molar-refractivity contribution is -0.126. The van der Waals surface area contributed by atoms with E-state index in [1.165, 1.54) is 21.3 Å². The summed E-state index contributed by atoms with van der Waals surface area (Å²) in [5, 5.41) is 3.69. The van der Waals surface area contributed by atoms with Gasteiger partial charge in [0, 0.05) is 18.4 Å². The van der Waals surface area contributed by atoms with Gasteiger partial charge < -0.3 is 24.1 Å². The number of rotatable bonds is 6. The number of hydrogen-bond acceptors (Lipinski definition) is 7. The summed E-state index contributed by atoms with van der Waals surface area (Å²) in [6.45, 7) is 0.375. The number of carbonyl (C=O) groups excluding carboxylic acids is 2. The fourth-order valence-electron chi connectivity index (χ4n) is 3.15. The average molecular weight is 430 g/mol. The molecule has 0 spiro atoms. The van der Waals surface area contributed by atoms with Crippen LogP contribution in [0, 0.1) is 11.7 Å². The quantitative estimate of drug-likeness (QED) is 0.600. The zero-order chi connectivity index (χ0) is 22.5. The first-order valence-corrected chi connectivity index (χ1v) is 9.44. The van der Waals surface area contributed by atoms with Gasteiger partial charge in [0.1, 0.15) is 11.4 Å². The van der Waals surface area contributed by atoms with E-state index in [1.54, 1.807) is 12.3 Å². The summed E-state index contributed by atoms with van der Waals surface area (Å²) in [5.74, 6) is 0.329. The molecule has 3 aromatic heterocycles. The molecule has 0 bridgehead atoms. The Balaban J connectivity index is 0.000000628. The van der Waals surface area contributed by atoms with E-state index in [0.717, 1.165) is 29.9 Å². The second-order valence-corrected chi connectivity index (χ2v) is 6.84. The Bertz CT molecular complexity index is 1110. The van der Waals surface area contributed by atoms with Crippen molar-refractivity contribution in [3.8, 4) is 22.9 Å². The first-order valence-electron chi connectivity index (χ1n) is 9.44. The van der Waals surface area contributed by atoms with E-state index in [0.29, 0.717) is 23.5 Å². The lowest BCUT2D eigenvalue weighted by atomic mass is 10.1. The maximum absolute atomic E-state index is 14.2. The number of halogens is 1. The van der Waals surface area contributed by atoms with Crippen molar-refractivity contribution >= 4 is 29.1 Å². The molecule has 1 N–H and O–H groups in total. The van der Waals surface area contributed by atoms with Crippen LogP contribution < -0.4 is 14.8 Å². The number of amides is 1. The molecule has 0 radical (unpaired) electrons. The van der Waals surface area contributed by atoms with E-state index in [1.807, 2.05) is 17.7 Å². The predicted molar refractivity (Wildman–Crippen MR) is 111 cm³/mol. The molecule has 31 heavy (non-hydrogen) atoms. The molecule has 10 heteroatoms. The van der Waals surface area contributed by atoms with Gasteiger partial charge in [-0.3, -0.25) is 9.59 Å². The predicted octanol–water partition coefficient (Wildman–Crippen LogP) is 2.93. The molecule has 4 rings (SSSR count). The molecular formula is C21H23FN4O5. The van der Waals surface area contributed by atoms with Crippen LogP contribution in [0.3, 0.4) is 0 Å². The number of nitrogens with one attached hydrogen (secondary N) is 1. The first kappa shape index (κ1) is 22.0. The number of hydrogen-bond donors (Lipinski definition) is 1. The van der Waals surface area contributed by atoms with Crippen molar-refractivity contribution in [3.05, 3.63) is 30.3 Å². The molecule has 1 amide bonds. The number of fused-ring (bicyclic) bond motifs is 1. The minimum absolute atomic E-state index is 0.00401. The molecule has 9 nitrogen and oxygen atoms in total. The average Bonchev–Trinajstić information content (AvgIpc) is 3.58. The third kappa shape index (κ3) is 4.57. The zero-order valence-electron chi connectivity index (χ0n) is 17.6. The number of anilines is 1. The SMILES string of the molecule is COC=O.COc1ncc(F)c(OC)c1-c1cc2cc(NC(=O)C3CC3)ncc2n1C. The van der Waals surface area contributed by atoms with Crippen LogP contribution in [0.5, 0.6) is 11.6 Å².